The van der Waals surface area contributed by atoms with Crippen molar-refractivity contribution in [3.63, 3.8) is 0 Å². The molecule has 0 spiro atoms. The molecule has 1 radical (unpaired) electrons. The quantitative estimate of drug-likeness (QED) is 0.379. The van der Waals surface area contributed by atoms with Gasteiger partial charge in [-0.3, -0.25) is 10.5 Å². The summed E-state index contributed by atoms with van der Waals surface area (Å²) in [5.74, 6) is -9.25. The van der Waals surface area contributed by atoms with Crippen LogP contribution in [0.3, 0.4) is 0 Å². The van der Waals surface area contributed by atoms with E-state index in [1.165, 1.54) is 0 Å². The van der Waals surface area contributed by atoms with Gasteiger partial charge in [0.25, 0.3) is 5.91 Å². The molecule has 0 saturated heterocycles. The lowest BCUT2D eigenvalue weighted by Crippen LogP contribution is -2.08. The minimum absolute atomic E-state index is 0.142. The first kappa shape index (κ1) is 9.50. The Labute approximate surface area is 70.0 Å². The molecule has 0 bridgehead atoms. The van der Waals surface area contributed by atoms with Gasteiger partial charge in [0.15, 0.2) is 23.3 Å². The number of rotatable bonds is 1. The van der Waals surface area contributed by atoms with E-state index in [4.69, 9.17) is 5.73 Å². The number of benzene rings is 1. The molecule has 1 aromatic carbocycles. The first-order valence-electron chi connectivity index (χ1n) is 3.04. The molecule has 1 aromatic rings. The summed E-state index contributed by atoms with van der Waals surface area (Å²) in [6.07, 6.45) is 0. The smallest absolute Gasteiger partial charge is 0.267 e. The molecule has 0 heterocycles. The van der Waals surface area contributed by atoms with Crippen molar-refractivity contribution in [3.8, 4) is 0 Å². The predicted molar refractivity (Wildman–Crippen MR) is 33.7 cm³/mol. The van der Waals surface area contributed by atoms with Gasteiger partial charge in [-0.25, -0.2) is 17.6 Å². The summed E-state index contributed by atoms with van der Waals surface area (Å²) < 4.78 is 49.6. The minimum atomic E-state index is -2.09. The van der Waals surface area contributed by atoms with E-state index < -0.39 is 34.7 Å². The van der Waals surface area contributed by atoms with Gasteiger partial charge in [0.2, 0.25) is 0 Å². The van der Waals surface area contributed by atoms with E-state index in [0.29, 0.717) is 0 Å². The number of nitrogens with one attached hydrogen (secondary N) is 1. The summed E-state index contributed by atoms with van der Waals surface area (Å²) in [6, 6.07) is 0.142. The monoisotopic (exact) mass is 192 g/mol. The van der Waals surface area contributed by atoms with Crippen LogP contribution in [0, 0.1) is 23.3 Å². The third-order valence-electron chi connectivity index (χ3n) is 1.35. The highest BCUT2D eigenvalue weighted by Crippen LogP contribution is 2.18. The molecular weight excluding hydrogens is 190 g/mol. The van der Waals surface area contributed by atoms with Crippen molar-refractivity contribution in [1.82, 2.24) is 5.73 Å². The van der Waals surface area contributed by atoms with Crippen molar-refractivity contribution >= 4 is 5.91 Å². The number of halogens is 4. The molecule has 0 saturated carbocycles. The van der Waals surface area contributed by atoms with Gasteiger partial charge in [0.05, 0.1) is 5.56 Å². The number of hydrogen-bond donors (Lipinski definition) is 0. The highest BCUT2D eigenvalue weighted by Gasteiger charge is 2.21. The number of carbonyl (C=O) groups excluding carboxylic acids is 1. The lowest BCUT2D eigenvalue weighted by Gasteiger charge is -2.00. The van der Waals surface area contributed by atoms with Gasteiger partial charge in [-0.15, -0.1) is 0 Å². The zero-order valence-corrected chi connectivity index (χ0v) is 6.00. The summed E-state index contributed by atoms with van der Waals surface area (Å²) in [6.45, 7) is 0. The molecule has 6 heteroatoms. The van der Waals surface area contributed by atoms with Crippen molar-refractivity contribution in [2.45, 2.75) is 0 Å². The largest absolute Gasteiger partial charge is 0.272 e. The molecule has 0 aliphatic heterocycles. The fourth-order valence-electron chi connectivity index (χ4n) is 0.738. The Morgan fingerprint density at radius 3 is 2.08 bits per heavy atom. The van der Waals surface area contributed by atoms with Crippen molar-refractivity contribution in [1.29, 1.82) is 0 Å². The summed E-state index contributed by atoms with van der Waals surface area (Å²) in [7, 11) is 0. The van der Waals surface area contributed by atoms with E-state index in [2.05, 4.69) is 0 Å². The van der Waals surface area contributed by atoms with E-state index in [1.807, 2.05) is 0 Å². The van der Waals surface area contributed by atoms with Crippen LogP contribution >= 0.6 is 0 Å². The second-order valence-corrected chi connectivity index (χ2v) is 2.18. The molecule has 0 atom stereocenters. The maximum absolute atomic E-state index is 12.6. The van der Waals surface area contributed by atoms with Gasteiger partial charge in [-0.05, 0) is 6.07 Å². The molecule has 1 amide bonds. The van der Waals surface area contributed by atoms with Gasteiger partial charge < -0.3 is 0 Å². The van der Waals surface area contributed by atoms with E-state index in [1.54, 1.807) is 0 Å². The van der Waals surface area contributed by atoms with Crippen molar-refractivity contribution in [2.24, 2.45) is 0 Å². The molecule has 0 aliphatic rings. The average Bonchev–Trinajstić information content (AvgIpc) is 2.07. The van der Waals surface area contributed by atoms with Gasteiger partial charge >= 0.3 is 0 Å². The van der Waals surface area contributed by atoms with Gasteiger partial charge in [0, 0.05) is 0 Å². The standard InChI is InChI=1S/C7H2F4NO/c8-3-1-2(7(12)13)4(9)6(11)5(3)10/h1,12H. The fourth-order valence-corrected chi connectivity index (χ4v) is 0.738. The molecule has 13 heavy (non-hydrogen) atoms. The van der Waals surface area contributed by atoms with E-state index in [-0.39, 0.29) is 6.07 Å². The molecular formula is C7H2F4NO. The Morgan fingerprint density at radius 1 is 1.08 bits per heavy atom. The first-order chi connectivity index (χ1) is 5.95. The van der Waals surface area contributed by atoms with E-state index >= 15 is 0 Å². The van der Waals surface area contributed by atoms with Crippen LogP contribution < -0.4 is 5.73 Å². The molecule has 69 valence electrons. The average molecular weight is 192 g/mol. The Bertz CT molecular complexity index is 377. The Hall–Kier alpha value is -1.59. The molecule has 0 unspecified atom stereocenters. The van der Waals surface area contributed by atoms with Crippen LogP contribution in [0.5, 0.6) is 0 Å². The molecule has 0 aromatic heterocycles. The fraction of sp³-hybridized carbons (Fsp3) is 0. The van der Waals surface area contributed by atoms with Gasteiger partial charge in [-0.1, -0.05) is 0 Å². The van der Waals surface area contributed by atoms with Crippen molar-refractivity contribution in [2.75, 3.05) is 0 Å². The second-order valence-electron chi connectivity index (χ2n) is 2.18. The number of hydrogen-bond acceptors (Lipinski definition) is 1. The van der Waals surface area contributed by atoms with Crippen LogP contribution in [0.4, 0.5) is 17.6 Å². The third kappa shape index (κ3) is 1.47. The van der Waals surface area contributed by atoms with Gasteiger partial charge in [-0.2, -0.15) is 0 Å². The zero-order chi connectivity index (χ0) is 10.2. The van der Waals surface area contributed by atoms with Crippen LogP contribution in [0.15, 0.2) is 6.07 Å². The van der Waals surface area contributed by atoms with Crippen LogP contribution in [-0.2, 0) is 0 Å². The van der Waals surface area contributed by atoms with E-state index in [9.17, 15) is 22.4 Å². The molecule has 0 fully saturated rings. The van der Waals surface area contributed by atoms with Crippen LogP contribution in [-0.4, -0.2) is 5.91 Å². The van der Waals surface area contributed by atoms with E-state index in [0.717, 1.165) is 0 Å². The Morgan fingerprint density at radius 2 is 1.62 bits per heavy atom. The Kier molecular flexibility index (Phi) is 2.22. The van der Waals surface area contributed by atoms with Crippen LogP contribution in [0.25, 0.3) is 0 Å². The van der Waals surface area contributed by atoms with Crippen LogP contribution in [0.2, 0.25) is 0 Å². The van der Waals surface area contributed by atoms with Crippen molar-refractivity contribution < 1.29 is 22.4 Å². The molecule has 1 rings (SSSR count). The SMILES string of the molecule is [NH]C(=O)c1cc(F)c(F)c(F)c1F. The lowest BCUT2D eigenvalue weighted by molar-refractivity contribution is 0.0986. The molecule has 2 nitrogen and oxygen atoms in total. The maximum Gasteiger partial charge on any atom is 0.272 e. The highest BCUT2D eigenvalue weighted by molar-refractivity contribution is 5.92. The summed E-state index contributed by atoms with van der Waals surface area (Å²) in [5.41, 5.74) is 5.26. The minimum Gasteiger partial charge on any atom is -0.267 e. The predicted octanol–water partition coefficient (Wildman–Crippen LogP) is 1.67. The second kappa shape index (κ2) is 3.04. The topological polar surface area (TPSA) is 40.9 Å². The highest BCUT2D eigenvalue weighted by atomic mass is 19.2. The zero-order valence-electron chi connectivity index (χ0n) is 6.00. The summed E-state index contributed by atoms with van der Waals surface area (Å²) >= 11 is 0. The Balaban J connectivity index is 3.50. The molecule has 1 N–H and O–H groups in total. The lowest BCUT2D eigenvalue weighted by atomic mass is 10.2. The number of amides is 1. The summed E-state index contributed by atoms with van der Waals surface area (Å²) in [4.78, 5) is 10.3. The summed E-state index contributed by atoms with van der Waals surface area (Å²) in [5, 5.41) is 0. The third-order valence-corrected chi connectivity index (χ3v) is 1.35. The number of carbonyl (C=O) groups is 1. The van der Waals surface area contributed by atoms with Crippen molar-refractivity contribution in [3.05, 3.63) is 34.9 Å². The first-order valence-corrected chi connectivity index (χ1v) is 3.04. The maximum atomic E-state index is 12.6. The molecule has 0 aliphatic carbocycles. The van der Waals surface area contributed by atoms with Crippen LogP contribution in [0.1, 0.15) is 10.4 Å². The van der Waals surface area contributed by atoms with Gasteiger partial charge in [0.1, 0.15) is 0 Å². The normalized spacial score (nSPS) is 10.2.